The molecule has 2 amide bonds. The average molecular weight is 1230 g/mol. The molecule has 494 valence electrons. The number of amides is 2. The highest BCUT2D eigenvalue weighted by atomic mass is 16.6. The van der Waals surface area contributed by atoms with E-state index in [1.165, 1.54) is 7.11 Å². The summed E-state index contributed by atoms with van der Waals surface area (Å²) in [6, 6.07) is 8.16. The van der Waals surface area contributed by atoms with Crippen molar-refractivity contribution in [2.75, 3.05) is 20.2 Å². The van der Waals surface area contributed by atoms with E-state index in [1.54, 1.807) is 23.6 Å². The third-order valence-corrected chi connectivity index (χ3v) is 21.4. The number of carbonyl (C=O) groups is 9. The third kappa shape index (κ3) is 17.9. The molecule has 2 saturated heterocycles. The third-order valence-electron chi connectivity index (χ3n) is 21.4. The van der Waals surface area contributed by atoms with Crippen LogP contribution in [-0.4, -0.2) is 117 Å². The lowest BCUT2D eigenvalue weighted by Gasteiger charge is -2.38. The molecule has 2 heterocycles. The second-order valence-corrected chi connectivity index (χ2v) is 34.2. The first-order valence-electron chi connectivity index (χ1n) is 33.3. The van der Waals surface area contributed by atoms with Gasteiger partial charge < -0.3 is 29.5 Å². The van der Waals surface area contributed by atoms with Crippen LogP contribution in [0.2, 0.25) is 0 Å². The molecule has 1 aromatic rings. The Kier molecular flexibility index (Phi) is 22.8. The molecule has 6 aliphatic rings. The summed E-state index contributed by atoms with van der Waals surface area (Å²) in [6.45, 7) is 37.2. The number of aliphatic hydroxyl groups excluding tert-OH is 2. The fourth-order valence-electron chi connectivity index (χ4n) is 15.4. The summed E-state index contributed by atoms with van der Waals surface area (Å²) in [6.07, 6.45) is 5.48. The molecule has 7 rings (SSSR count). The van der Waals surface area contributed by atoms with Crippen molar-refractivity contribution in [1.29, 1.82) is 0 Å². The molecule has 2 N–H and O–H groups in total. The number of hydrogen-bond donors (Lipinski definition) is 2. The summed E-state index contributed by atoms with van der Waals surface area (Å²) in [4.78, 5) is 125. The van der Waals surface area contributed by atoms with E-state index in [0.29, 0.717) is 50.6 Å². The molecule has 12 atom stereocenters. The molecule has 8 unspecified atom stereocenters. The summed E-state index contributed by atoms with van der Waals surface area (Å²) in [5.41, 5.74) is -1.43. The summed E-state index contributed by atoms with van der Waals surface area (Å²) in [7, 11) is 1.25. The van der Waals surface area contributed by atoms with Crippen LogP contribution in [0.4, 0.5) is 0 Å². The zero-order chi connectivity index (χ0) is 66.2. The van der Waals surface area contributed by atoms with Gasteiger partial charge in [-0.2, -0.15) is 0 Å². The quantitative estimate of drug-likeness (QED) is 0.0784. The van der Waals surface area contributed by atoms with Crippen molar-refractivity contribution in [3.05, 3.63) is 35.9 Å². The van der Waals surface area contributed by atoms with Crippen molar-refractivity contribution in [2.24, 2.45) is 91.7 Å². The highest BCUT2D eigenvalue weighted by Gasteiger charge is 2.71. The summed E-state index contributed by atoms with van der Waals surface area (Å²) >= 11 is 0. The Hall–Kier alpha value is -4.63. The van der Waals surface area contributed by atoms with Crippen LogP contribution in [0.5, 0.6) is 0 Å². The molecule has 15 heteroatoms. The number of nitrogens with zero attached hydrogens (tertiary/aromatic N) is 2. The number of ether oxygens (including phenoxy) is 2. The molecule has 15 nitrogen and oxygen atoms in total. The minimum atomic E-state index is -1.39. The molecule has 0 radical (unpaired) electrons. The van der Waals surface area contributed by atoms with Crippen molar-refractivity contribution in [3.8, 4) is 0 Å². The highest BCUT2D eigenvalue weighted by Crippen LogP contribution is 2.67. The van der Waals surface area contributed by atoms with Crippen molar-refractivity contribution >= 4 is 52.7 Å². The van der Waals surface area contributed by atoms with E-state index in [4.69, 9.17) is 9.47 Å². The summed E-state index contributed by atoms with van der Waals surface area (Å²) in [5.74, 6) is -3.03. The van der Waals surface area contributed by atoms with Crippen molar-refractivity contribution < 1.29 is 62.8 Å². The van der Waals surface area contributed by atoms with Crippen LogP contribution in [-0.2, 0) is 58.2 Å². The number of carbonyl (C=O) groups excluding carboxylic acids is 9. The van der Waals surface area contributed by atoms with Gasteiger partial charge in [0.15, 0.2) is 23.5 Å². The Bertz CT molecular complexity index is 2690. The lowest BCUT2D eigenvalue weighted by molar-refractivity contribution is -0.159. The van der Waals surface area contributed by atoms with Gasteiger partial charge >= 0.3 is 11.9 Å². The SMILES string of the molecule is CC(C)(C)CC(=O)C[C@H](C(=O)N1CC2C([C@H]1C(=O)CC(CC1CCC1)C(O)C(=O)CCC(=O)OC(C)(C)c1ccccc1)C2(C)C)C(C)(C)C.COC(=O)C(O)C(CC(=O)[C@@H]1C2C(CN1C(=O)[C@@H](CC(=O)CC(C)(C)C)C(C)(C)C)C2(C)C)CC1CCC1. The predicted octanol–water partition coefficient (Wildman–Crippen LogP) is 12.3. The smallest absolute Gasteiger partial charge is 0.334 e. The van der Waals surface area contributed by atoms with Gasteiger partial charge in [0.1, 0.15) is 23.3 Å². The maximum Gasteiger partial charge on any atom is 0.334 e. The number of piperidine rings is 2. The van der Waals surface area contributed by atoms with E-state index in [0.717, 1.165) is 44.1 Å². The Morgan fingerprint density at radius 1 is 0.557 bits per heavy atom. The molecular weight excluding hydrogens is 1110 g/mol. The predicted molar refractivity (Wildman–Crippen MR) is 340 cm³/mol. The summed E-state index contributed by atoms with van der Waals surface area (Å²) in [5, 5.41) is 22.2. The van der Waals surface area contributed by atoms with Gasteiger partial charge in [0.2, 0.25) is 11.8 Å². The first-order chi connectivity index (χ1) is 40.4. The van der Waals surface area contributed by atoms with Gasteiger partial charge in [-0.1, -0.05) is 180 Å². The number of likely N-dealkylation sites (tertiary alicyclic amines) is 2. The lowest BCUT2D eigenvalue weighted by Crippen LogP contribution is -2.51. The first-order valence-corrected chi connectivity index (χ1v) is 33.3. The Balaban J connectivity index is 0.000000292. The number of esters is 2. The summed E-state index contributed by atoms with van der Waals surface area (Å²) < 4.78 is 10.5. The van der Waals surface area contributed by atoms with E-state index < -0.39 is 82.1 Å². The van der Waals surface area contributed by atoms with Gasteiger partial charge in [-0.25, -0.2) is 4.79 Å². The van der Waals surface area contributed by atoms with E-state index in [2.05, 4.69) is 27.7 Å². The molecule has 0 aromatic heterocycles. The number of hydrogen-bond acceptors (Lipinski definition) is 13. The normalized spacial score (nSPS) is 25.1. The van der Waals surface area contributed by atoms with E-state index in [9.17, 15) is 53.4 Å². The van der Waals surface area contributed by atoms with Crippen molar-refractivity contribution in [1.82, 2.24) is 9.80 Å². The standard InChI is InChI=1S/C42H63NO7.C31H51NO6/c1-39(2,3)24-29(44)23-30(40(4,5)6)38(49)43-25-31-35(41(31,7)8)36(43)33(46)22-27(21-26-15-14-16-26)37(48)32(45)19-20-34(47)50-42(9,10)28-17-12-11-13-18-28;1-29(2,3)16-20(33)15-21(30(4,5)6)27(36)32-17-22-24(31(22,7)8)25(32)23(34)14-19(13-18-11-10-12-18)26(35)28(37)38-9/h11-13,17-18,26-27,30-31,35-37,48H,14-16,19-25H2,1-10H3;18-19,21-22,24-26,35H,10-17H2,1-9H3/t27?,30-,31?,35?,36-,37?;19?,21-,22?,24?,25-,26?/m11/s1. The van der Waals surface area contributed by atoms with E-state index in [1.807, 2.05) is 113 Å². The molecule has 2 aliphatic heterocycles. The largest absolute Gasteiger partial charge is 0.467 e. The number of benzene rings is 1. The van der Waals surface area contributed by atoms with Gasteiger partial charge in [0, 0.05) is 75.8 Å². The zero-order valence-electron chi connectivity index (χ0n) is 57.5. The molecule has 6 fully saturated rings. The number of ketones is 5. The van der Waals surface area contributed by atoms with Crippen LogP contribution >= 0.6 is 0 Å². The number of rotatable bonds is 27. The van der Waals surface area contributed by atoms with Crippen molar-refractivity contribution in [3.63, 3.8) is 0 Å². The number of fused-ring (bicyclic) bond motifs is 2. The van der Waals surface area contributed by atoms with Crippen LogP contribution in [0.1, 0.15) is 233 Å². The zero-order valence-corrected chi connectivity index (χ0v) is 57.5. The average Bonchev–Trinajstić information content (AvgIpc) is 1.55. The van der Waals surface area contributed by atoms with Crippen LogP contribution in [0.25, 0.3) is 0 Å². The van der Waals surface area contributed by atoms with Crippen molar-refractivity contribution in [2.45, 2.75) is 257 Å². The van der Waals surface area contributed by atoms with Gasteiger partial charge in [-0.3, -0.25) is 38.4 Å². The monoisotopic (exact) mass is 1230 g/mol. The second-order valence-electron chi connectivity index (χ2n) is 34.2. The van der Waals surface area contributed by atoms with Gasteiger partial charge in [0.05, 0.1) is 25.6 Å². The fraction of sp³-hybridized carbons (Fsp3) is 0.795. The number of Topliss-reactive ketones (excluding diaryl/α,β-unsaturated/α-hetero) is 5. The minimum Gasteiger partial charge on any atom is -0.467 e. The molecule has 4 aliphatic carbocycles. The van der Waals surface area contributed by atoms with E-state index >= 15 is 0 Å². The Morgan fingerprint density at radius 2 is 0.943 bits per heavy atom. The fourth-order valence-corrected chi connectivity index (χ4v) is 15.4. The van der Waals surface area contributed by atoms with Crippen LogP contribution in [0.15, 0.2) is 30.3 Å². The van der Waals surface area contributed by atoms with Crippen LogP contribution < -0.4 is 0 Å². The molecule has 0 spiro atoms. The Labute approximate surface area is 528 Å². The molecule has 1 aromatic carbocycles. The van der Waals surface area contributed by atoms with Crippen LogP contribution in [0.3, 0.4) is 0 Å². The first kappa shape index (κ1) is 72.4. The van der Waals surface area contributed by atoms with Gasteiger partial charge in [0.25, 0.3) is 0 Å². The Morgan fingerprint density at radius 3 is 1.28 bits per heavy atom. The number of aliphatic hydroxyl groups is 2. The van der Waals surface area contributed by atoms with Crippen LogP contribution in [0, 0.1) is 91.7 Å². The van der Waals surface area contributed by atoms with Gasteiger partial charge in [-0.05, 0) is 106 Å². The molecule has 0 bridgehead atoms. The van der Waals surface area contributed by atoms with E-state index in [-0.39, 0.29) is 119 Å². The maximum atomic E-state index is 14.4. The minimum absolute atomic E-state index is 0.00443. The second kappa shape index (κ2) is 27.7. The number of methoxy groups -OCH3 is 1. The topological polar surface area (TPSA) is 219 Å². The molecule has 4 saturated carbocycles. The highest BCUT2D eigenvalue weighted by molar-refractivity contribution is 5.96. The van der Waals surface area contributed by atoms with Gasteiger partial charge in [-0.15, -0.1) is 0 Å². The molecular formula is C73H114N2O13. The lowest BCUT2D eigenvalue weighted by atomic mass is 9.74. The molecule has 88 heavy (non-hydrogen) atoms. The maximum absolute atomic E-state index is 14.4.